The second-order valence-electron chi connectivity index (χ2n) is 5.44. The van der Waals surface area contributed by atoms with E-state index in [-0.39, 0.29) is 0 Å². The van der Waals surface area contributed by atoms with Crippen molar-refractivity contribution in [3.8, 4) is 0 Å². The fourth-order valence-electron chi connectivity index (χ4n) is 2.89. The van der Waals surface area contributed by atoms with Gasteiger partial charge in [-0.15, -0.1) is 17.1 Å². The molecule has 0 radical (unpaired) electrons. The number of aryl methyl sites for hydroxylation is 1. The van der Waals surface area contributed by atoms with Crippen LogP contribution in [0.4, 0.5) is 0 Å². The van der Waals surface area contributed by atoms with Crippen molar-refractivity contribution in [2.24, 2.45) is 5.92 Å². The van der Waals surface area contributed by atoms with E-state index in [1.165, 1.54) is 33.6 Å². The Hall–Kier alpha value is -1.82. The maximum atomic E-state index is 4.31. The van der Waals surface area contributed by atoms with E-state index in [2.05, 4.69) is 67.1 Å². The van der Waals surface area contributed by atoms with Crippen molar-refractivity contribution in [2.45, 2.75) is 26.2 Å². The lowest BCUT2D eigenvalue weighted by Gasteiger charge is -2.21. The lowest BCUT2D eigenvalue weighted by Crippen LogP contribution is -2.07. The van der Waals surface area contributed by atoms with Gasteiger partial charge in [0.25, 0.3) is 0 Å². The highest BCUT2D eigenvalue weighted by Crippen LogP contribution is 2.37. The van der Waals surface area contributed by atoms with Crippen LogP contribution in [-0.2, 0) is 6.42 Å². The number of fused-ring (bicyclic) bond motifs is 1. The van der Waals surface area contributed by atoms with E-state index in [4.69, 9.17) is 0 Å². The van der Waals surface area contributed by atoms with E-state index in [0.717, 1.165) is 12.8 Å². The Morgan fingerprint density at radius 3 is 2.90 bits per heavy atom. The van der Waals surface area contributed by atoms with Gasteiger partial charge in [0.2, 0.25) is 0 Å². The summed E-state index contributed by atoms with van der Waals surface area (Å²) in [6.45, 7) is 6.50. The highest BCUT2D eigenvalue weighted by Gasteiger charge is 2.21. The predicted molar refractivity (Wildman–Crippen MR) is 93.4 cm³/mol. The van der Waals surface area contributed by atoms with E-state index >= 15 is 0 Å². The molecule has 0 saturated heterocycles. The smallest absolute Gasteiger partial charge is 0.0121 e. The summed E-state index contributed by atoms with van der Waals surface area (Å²) >= 11 is 1.86. The quantitative estimate of drug-likeness (QED) is 0.611. The molecule has 0 spiro atoms. The van der Waals surface area contributed by atoms with Crippen LogP contribution >= 0.6 is 11.3 Å². The third kappa shape index (κ3) is 2.95. The minimum atomic E-state index is 0.428. The molecule has 21 heavy (non-hydrogen) atoms. The van der Waals surface area contributed by atoms with E-state index in [0.29, 0.717) is 5.92 Å². The second-order valence-corrected chi connectivity index (χ2v) is 6.44. The summed E-state index contributed by atoms with van der Waals surface area (Å²) in [7, 11) is 0. The van der Waals surface area contributed by atoms with Crippen molar-refractivity contribution >= 4 is 22.5 Å². The molecule has 0 saturated carbocycles. The van der Waals surface area contributed by atoms with Crippen molar-refractivity contribution in [1.29, 1.82) is 0 Å². The normalized spacial score (nSPS) is 17.0. The lowest BCUT2D eigenvalue weighted by atomic mass is 9.84. The zero-order chi connectivity index (χ0) is 14.7. The largest absolute Gasteiger partial charge is 0.148 e. The minimum Gasteiger partial charge on any atom is -0.148 e. The Kier molecular flexibility index (Phi) is 4.24. The van der Waals surface area contributed by atoms with Gasteiger partial charge in [0.15, 0.2) is 0 Å². The highest BCUT2D eigenvalue weighted by molar-refractivity contribution is 7.10. The predicted octanol–water partition coefficient (Wildman–Crippen LogP) is 5.97. The van der Waals surface area contributed by atoms with E-state index in [9.17, 15) is 0 Å². The van der Waals surface area contributed by atoms with Gasteiger partial charge in [-0.3, -0.25) is 0 Å². The van der Waals surface area contributed by atoms with Gasteiger partial charge < -0.3 is 0 Å². The highest BCUT2D eigenvalue weighted by atomic mass is 32.1. The van der Waals surface area contributed by atoms with Gasteiger partial charge >= 0.3 is 0 Å². The van der Waals surface area contributed by atoms with Crippen LogP contribution in [0.15, 0.2) is 60.2 Å². The summed E-state index contributed by atoms with van der Waals surface area (Å²) < 4.78 is 0. The van der Waals surface area contributed by atoms with Gasteiger partial charge in [0.05, 0.1) is 0 Å². The van der Waals surface area contributed by atoms with Crippen LogP contribution in [0.2, 0.25) is 0 Å². The second kappa shape index (κ2) is 6.30. The Morgan fingerprint density at radius 2 is 2.14 bits per heavy atom. The Bertz CT molecular complexity index is 696. The zero-order valence-corrected chi connectivity index (χ0v) is 13.2. The summed E-state index contributed by atoms with van der Waals surface area (Å²) in [5.41, 5.74) is 8.72. The Morgan fingerprint density at radius 1 is 1.33 bits per heavy atom. The summed E-state index contributed by atoms with van der Waals surface area (Å²) in [5, 5.41) is 2.18. The van der Waals surface area contributed by atoms with Crippen LogP contribution in [0.5, 0.6) is 0 Å². The molecule has 1 heterocycles. The number of thiophene rings is 1. The first kappa shape index (κ1) is 14.1. The molecule has 0 N–H and O–H groups in total. The molecular weight excluding hydrogens is 272 g/mol. The van der Waals surface area contributed by atoms with E-state index in [1.54, 1.807) is 0 Å². The molecule has 2 aromatic rings. The third-order valence-corrected chi connectivity index (χ3v) is 5.14. The van der Waals surface area contributed by atoms with Crippen molar-refractivity contribution in [3.63, 3.8) is 0 Å². The SMILES string of the molecule is C=C1c2ccsc2CCC1C=C=C(CC)c1ccccc1. The number of hydrogen-bond donors (Lipinski definition) is 0. The summed E-state index contributed by atoms with van der Waals surface area (Å²) in [4.78, 5) is 1.49. The molecular formula is C20H20S. The first-order valence-corrected chi connectivity index (χ1v) is 8.44. The van der Waals surface area contributed by atoms with Crippen molar-refractivity contribution < 1.29 is 0 Å². The molecule has 1 unspecified atom stereocenters. The molecule has 0 fully saturated rings. The lowest BCUT2D eigenvalue weighted by molar-refractivity contribution is 0.709. The van der Waals surface area contributed by atoms with Crippen LogP contribution in [0.25, 0.3) is 11.1 Å². The van der Waals surface area contributed by atoms with Crippen LogP contribution in [0.3, 0.4) is 0 Å². The average Bonchev–Trinajstić information content (AvgIpc) is 3.00. The molecule has 1 aromatic carbocycles. The molecule has 0 aliphatic heterocycles. The summed E-state index contributed by atoms with van der Waals surface area (Å²) in [5.74, 6) is 0.428. The third-order valence-electron chi connectivity index (χ3n) is 4.16. The standard InChI is InChI=1S/C20H20S/c1-3-16(18-7-5-4-6-8-18)9-10-17-11-12-20-19(15(17)2)13-14-21-20/h4-8,10,13-14,17H,2-3,11-12H2,1H3. The molecule has 0 bridgehead atoms. The fourth-order valence-corrected chi connectivity index (χ4v) is 3.83. The molecule has 1 aliphatic rings. The van der Waals surface area contributed by atoms with E-state index in [1.807, 2.05) is 11.3 Å². The van der Waals surface area contributed by atoms with Gasteiger partial charge in [-0.1, -0.05) is 43.8 Å². The molecule has 1 atom stereocenters. The average molecular weight is 292 g/mol. The molecule has 1 heteroatoms. The van der Waals surface area contributed by atoms with Crippen molar-refractivity contribution in [3.05, 3.63) is 76.2 Å². The molecule has 0 nitrogen and oxygen atoms in total. The maximum absolute atomic E-state index is 4.31. The monoisotopic (exact) mass is 292 g/mol. The van der Waals surface area contributed by atoms with Crippen molar-refractivity contribution in [2.75, 3.05) is 0 Å². The topological polar surface area (TPSA) is 0 Å². The van der Waals surface area contributed by atoms with Crippen LogP contribution in [-0.4, -0.2) is 0 Å². The van der Waals surface area contributed by atoms with Gasteiger partial charge in [-0.25, -0.2) is 0 Å². The molecule has 3 rings (SSSR count). The molecule has 1 aromatic heterocycles. The summed E-state index contributed by atoms with van der Waals surface area (Å²) in [6, 6.07) is 12.8. The zero-order valence-electron chi connectivity index (χ0n) is 12.4. The van der Waals surface area contributed by atoms with Crippen LogP contribution in [0.1, 0.15) is 35.8 Å². The van der Waals surface area contributed by atoms with E-state index < -0.39 is 0 Å². The minimum absolute atomic E-state index is 0.428. The fraction of sp³-hybridized carbons (Fsp3) is 0.250. The number of benzene rings is 1. The maximum Gasteiger partial charge on any atom is 0.0121 e. The van der Waals surface area contributed by atoms with Crippen LogP contribution in [0, 0.1) is 5.92 Å². The Balaban J connectivity index is 1.88. The number of allylic oxidation sites excluding steroid dienone is 2. The molecule has 1 aliphatic carbocycles. The van der Waals surface area contributed by atoms with Crippen LogP contribution < -0.4 is 0 Å². The molecule has 106 valence electrons. The number of hydrogen-bond acceptors (Lipinski definition) is 1. The van der Waals surface area contributed by atoms with Gasteiger partial charge in [-0.05, 0) is 53.5 Å². The van der Waals surface area contributed by atoms with Crippen molar-refractivity contribution in [1.82, 2.24) is 0 Å². The van der Waals surface area contributed by atoms with Gasteiger partial charge in [0, 0.05) is 16.4 Å². The van der Waals surface area contributed by atoms with Gasteiger partial charge in [-0.2, -0.15) is 0 Å². The Labute approximate surface area is 131 Å². The molecule has 0 amide bonds. The van der Waals surface area contributed by atoms with Gasteiger partial charge in [0.1, 0.15) is 0 Å². The first-order chi connectivity index (χ1) is 10.3. The summed E-state index contributed by atoms with van der Waals surface area (Å²) in [6.07, 6.45) is 5.56. The number of rotatable bonds is 3. The first-order valence-electron chi connectivity index (χ1n) is 7.56.